The molecular formula is C13H23N3O3. The van der Waals surface area contributed by atoms with Gasteiger partial charge in [0.1, 0.15) is 6.04 Å². The highest BCUT2D eigenvalue weighted by atomic mass is 16.4. The number of rotatable bonds is 7. The van der Waals surface area contributed by atoms with Crippen LogP contribution in [0.4, 0.5) is 4.79 Å². The van der Waals surface area contributed by atoms with Crippen molar-refractivity contribution < 1.29 is 14.7 Å². The van der Waals surface area contributed by atoms with Crippen molar-refractivity contribution in [1.82, 2.24) is 10.2 Å². The van der Waals surface area contributed by atoms with Crippen LogP contribution in [0.1, 0.15) is 34.1 Å². The Morgan fingerprint density at radius 3 is 2.32 bits per heavy atom. The Kier molecular flexibility index (Phi) is 7.57. The Labute approximate surface area is 114 Å². The van der Waals surface area contributed by atoms with E-state index in [2.05, 4.69) is 11.4 Å². The third-order valence-corrected chi connectivity index (χ3v) is 3.14. The molecule has 0 aliphatic rings. The maximum absolute atomic E-state index is 12.0. The third kappa shape index (κ3) is 5.60. The average Bonchev–Trinajstić information content (AvgIpc) is 2.40. The predicted octanol–water partition coefficient (Wildman–Crippen LogP) is 1.68. The summed E-state index contributed by atoms with van der Waals surface area (Å²) in [5, 5.41) is 20.4. The third-order valence-electron chi connectivity index (χ3n) is 3.14. The number of nitrogens with zero attached hydrogens (tertiary/aromatic N) is 2. The molecule has 6 nitrogen and oxygen atoms in total. The summed E-state index contributed by atoms with van der Waals surface area (Å²) in [7, 11) is 0. The molecule has 0 aliphatic carbocycles. The molecule has 0 aromatic carbocycles. The van der Waals surface area contributed by atoms with Crippen molar-refractivity contribution in [3.05, 3.63) is 0 Å². The first-order valence-electron chi connectivity index (χ1n) is 6.55. The zero-order valence-corrected chi connectivity index (χ0v) is 12.0. The monoisotopic (exact) mass is 269 g/mol. The van der Waals surface area contributed by atoms with Crippen LogP contribution in [0.5, 0.6) is 0 Å². The van der Waals surface area contributed by atoms with E-state index >= 15 is 0 Å². The number of nitrogens with one attached hydrogen (secondary N) is 1. The second kappa shape index (κ2) is 8.35. The molecule has 0 saturated carbocycles. The number of amides is 2. The molecule has 0 bridgehead atoms. The van der Waals surface area contributed by atoms with Gasteiger partial charge in [0, 0.05) is 13.1 Å². The predicted molar refractivity (Wildman–Crippen MR) is 71.4 cm³/mol. The summed E-state index contributed by atoms with van der Waals surface area (Å²) in [6.45, 7) is 7.91. The summed E-state index contributed by atoms with van der Waals surface area (Å²) < 4.78 is 0. The fraction of sp³-hybridized carbons (Fsp3) is 0.769. The summed E-state index contributed by atoms with van der Waals surface area (Å²) in [5.41, 5.74) is 0. The van der Waals surface area contributed by atoms with Gasteiger partial charge in [-0.2, -0.15) is 5.26 Å². The smallest absolute Gasteiger partial charge is 0.326 e. The molecular weight excluding hydrogens is 246 g/mol. The first-order valence-corrected chi connectivity index (χ1v) is 6.55. The Hall–Kier alpha value is -1.77. The number of carbonyl (C=O) groups is 2. The molecule has 3 atom stereocenters. The van der Waals surface area contributed by atoms with E-state index in [0.717, 1.165) is 0 Å². The lowest BCUT2D eigenvalue weighted by atomic mass is 9.99. The normalized spacial score (nSPS) is 14.9. The van der Waals surface area contributed by atoms with Crippen LogP contribution in [0.2, 0.25) is 0 Å². The van der Waals surface area contributed by atoms with E-state index in [1.165, 1.54) is 4.90 Å². The molecule has 2 amide bonds. The van der Waals surface area contributed by atoms with Crippen LogP contribution in [0.25, 0.3) is 0 Å². The maximum atomic E-state index is 12.0. The molecule has 0 spiro atoms. The van der Waals surface area contributed by atoms with Crippen molar-refractivity contribution in [1.29, 1.82) is 5.26 Å². The van der Waals surface area contributed by atoms with E-state index in [9.17, 15) is 9.59 Å². The average molecular weight is 269 g/mol. The lowest BCUT2D eigenvalue weighted by Crippen LogP contribution is -2.51. The van der Waals surface area contributed by atoms with Gasteiger partial charge in [0.2, 0.25) is 0 Å². The molecule has 0 saturated heterocycles. The van der Waals surface area contributed by atoms with Crippen molar-refractivity contribution in [2.75, 3.05) is 13.1 Å². The van der Waals surface area contributed by atoms with Crippen molar-refractivity contribution >= 4 is 12.0 Å². The molecule has 108 valence electrons. The highest BCUT2D eigenvalue weighted by Gasteiger charge is 2.27. The van der Waals surface area contributed by atoms with Gasteiger partial charge in [0.05, 0.1) is 12.0 Å². The fourth-order valence-electron chi connectivity index (χ4n) is 1.63. The number of hydrogen-bond donors (Lipinski definition) is 2. The van der Waals surface area contributed by atoms with Gasteiger partial charge >= 0.3 is 12.0 Å². The van der Waals surface area contributed by atoms with E-state index in [4.69, 9.17) is 10.4 Å². The number of aliphatic carboxylic acids is 1. The molecule has 6 heteroatoms. The summed E-state index contributed by atoms with van der Waals surface area (Å²) in [4.78, 5) is 24.6. The second-order valence-electron chi connectivity index (χ2n) is 4.72. The van der Waals surface area contributed by atoms with Crippen LogP contribution in [0.3, 0.4) is 0 Å². The van der Waals surface area contributed by atoms with Crippen molar-refractivity contribution in [2.24, 2.45) is 11.8 Å². The van der Waals surface area contributed by atoms with E-state index in [1.807, 2.05) is 6.92 Å². The van der Waals surface area contributed by atoms with Crippen LogP contribution >= 0.6 is 0 Å². The van der Waals surface area contributed by atoms with Gasteiger partial charge in [-0.1, -0.05) is 20.3 Å². The lowest BCUT2D eigenvalue weighted by molar-refractivity contribution is -0.140. The largest absolute Gasteiger partial charge is 0.480 e. The molecule has 0 rings (SSSR count). The van der Waals surface area contributed by atoms with E-state index in [0.29, 0.717) is 19.5 Å². The summed E-state index contributed by atoms with van der Waals surface area (Å²) in [5.74, 6) is -1.46. The fourth-order valence-corrected chi connectivity index (χ4v) is 1.63. The van der Waals surface area contributed by atoms with Crippen LogP contribution in [-0.2, 0) is 4.79 Å². The van der Waals surface area contributed by atoms with Gasteiger partial charge in [-0.05, 0) is 19.8 Å². The number of urea groups is 1. The second-order valence-corrected chi connectivity index (χ2v) is 4.72. The molecule has 0 fully saturated rings. The highest BCUT2D eigenvalue weighted by Crippen LogP contribution is 2.09. The lowest BCUT2D eigenvalue weighted by Gasteiger charge is -2.26. The molecule has 0 aliphatic heterocycles. The minimum absolute atomic E-state index is 0.145. The zero-order valence-electron chi connectivity index (χ0n) is 12.0. The minimum atomic E-state index is -1.04. The van der Waals surface area contributed by atoms with Gasteiger partial charge in [-0.15, -0.1) is 0 Å². The molecule has 0 heterocycles. The Morgan fingerprint density at radius 2 is 1.95 bits per heavy atom. The summed E-state index contributed by atoms with van der Waals surface area (Å²) in [6, 6.07) is 0.724. The van der Waals surface area contributed by atoms with Crippen molar-refractivity contribution in [3.8, 4) is 6.07 Å². The summed E-state index contributed by atoms with van der Waals surface area (Å²) in [6.07, 6.45) is 0.665. The number of carboxylic acids is 1. The minimum Gasteiger partial charge on any atom is -0.480 e. The number of carboxylic acid groups (broad SMARTS) is 1. The van der Waals surface area contributed by atoms with E-state index in [1.54, 1.807) is 20.8 Å². The van der Waals surface area contributed by atoms with Gasteiger partial charge in [0.15, 0.2) is 0 Å². The van der Waals surface area contributed by atoms with E-state index < -0.39 is 18.0 Å². The van der Waals surface area contributed by atoms with Crippen LogP contribution in [0, 0.1) is 23.2 Å². The number of nitriles is 1. The number of hydrogen-bond acceptors (Lipinski definition) is 3. The standard InChI is InChI=1S/C13H23N3O3/c1-5-10(4)11(12(17)18)15-13(19)16(6-2)8-9(3)7-14/h9-11H,5-6,8H2,1-4H3,(H,15,19)(H,17,18)/t9?,10-,11-/m0/s1. The maximum Gasteiger partial charge on any atom is 0.326 e. The topological polar surface area (TPSA) is 93.4 Å². The first-order chi connectivity index (χ1) is 8.87. The summed E-state index contributed by atoms with van der Waals surface area (Å²) >= 11 is 0. The Bertz CT molecular complexity index is 352. The van der Waals surface area contributed by atoms with Gasteiger partial charge in [-0.25, -0.2) is 9.59 Å². The SMILES string of the molecule is CC[C@H](C)[C@H](NC(=O)N(CC)CC(C)C#N)C(=O)O. The number of carbonyl (C=O) groups excluding carboxylic acids is 1. The van der Waals surface area contributed by atoms with E-state index in [-0.39, 0.29) is 11.8 Å². The van der Waals surface area contributed by atoms with Crippen molar-refractivity contribution in [3.63, 3.8) is 0 Å². The van der Waals surface area contributed by atoms with Crippen LogP contribution < -0.4 is 5.32 Å². The zero-order chi connectivity index (χ0) is 15.0. The molecule has 1 unspecified atom stereocenters. The Morgan fingerprint density at radius 1 is 1.37 bits per heavy atom. The van der Waals surface area contributed by atoms with Gasteiger partial charge in [-0.3, -0.25) is 0 Å². The first kappa shape index (κ1) is 17.2. The highest BCUT2D eigenvalue weighted by molar-refractivity contribution is 5.82. The van der Waals surface area contributed by atoms with Gasteiger partial charge < -0.3 is 15.3 Å². The molecule has 0 radical (unpaired) electrons. The van der Waals surface area contributed by atoms with Gasteiger partial charge in [0.25, 0.3) is 0 Å². The van der Waals surface area contributed by atoms with Crippen molar-refractivity contribution in [2.45, 2.75) is 40.2 Å². The molecule has 19 heavy (non-hydrogen) atoms. The quantitative estimate of drug-likeness (QED) is 0.735. The van der Waals surface area contributed by atoms with Crippen LogP contribution in [0.15, 0.2) is 0 Å². The molecule has 0 aromatic heterocycles. The molecule has 2 N–H and O–H groups in total. The molecule has 0 aromatic rings. The van der Waals surface area contributed by atoms with Crippen LogP contribution in [-0.4, -0.2) is 41.1 Å². The Balaban J connectivity index is 4.69.